The van der Waals surface area contributed by atoms with Gasteiger partial charge in [0.2, 0.25) is 21.8 Å². The van der Waals surface area contributed by atoms with Gasteiger partial charge < -0.3 is 19.6 Å². The monoisotopic (exact) mass is 531 g/mol. The Morgan fingerprint density at radius 2 is 1.76 bits per heavy atom. The smallest absolute Gasteiger partial charge is 0.408 e. The van der Waals surface area contributed by atoms with Gasteiger partial charge in [0, 0.05) is 19.0 Å². The number of pyridine rings is 1. The number of hydrogen-bond acceptors (Lipinski definition) is 9. The van der Waals surface area contributed by atoms with Crippen molar-refractivity contribution in [3.8, 4) is 11.5 Å². The lowest BCUT2D eigenvalue weighted by Crippen LogP contribution is -2.47. The van der Waals surface area contributed by atoms with Gasteiger partial charge in [0.25, 0.3) is 0 Å². The zero-order chi connectivity index (χ0) is 27.6. The van der Waals surface area contributed by atoms with Crippen LogP contribution in [-0.2, 0) is 26.7 Å². The topological polar surface area (TPSA) is 165 Å². The molecular weight excluding hydrogens is 502 g/mol. The van der Waals surface area contributed by atoms with E-state index in [0.717, 1.165) is 16.1 Å². The summed E-state index contributed by atoms with van der Waals surface area (Å²) in [6.45, 7) is 6.90. The number of carboxylic acids is 1. The minimum absolute atomic E-state index is 0.0314. The van der Waals surface area contributed by atoms with Crippen LogP contribution < -0.4 is 9.62 Å². The van der Waals surface area contributed by atoms with Crippen LogP contribution in [0.1, 0.15) is 49.6 Å². The normalized spacial score (nSPS) is 13.5. The third kappa shape index (κ3) is 7.03. The van der Waals surface area contributed by atoms with Gasteiger partial charge in [-0.3, -0.25) is 4.31 Å². The molecule has 0 saturated carbocycles. The molecule has 1 aromatic carbocycles. The van der Waals surface area contributed by atoms with Crippen molar-refractivity contribution in [2.45, 2.75) is 45.3 Å². The Balaban J connectivity index is 2.06. The zero-order valence-electron chi connectivity index (χ0n) is 21.3. The van der Waals surface area contributed by atoms with E-state index in [1.165, 1.54) is 19.2 Å². The van der Waals surface area contributed by atoms with Gasteiger partial charge in [-0.25, -0.2) is 23.0 Å². The van der Waals surface area contributed by atoms with Crippen LogP contribution in [0.5, 0.6) is 0 Å². The number of anilines is 1. The first kappa shape index (κ1) is 27.6. The maximum Gasteiger partial charge on any atom is 0.408 e. The Labute approximate surface area is 214 Å². The number of aromatic nitrogens is 3. The number of carboxylic acid groups (broad SMARTS) is 1. The Kier molecular flexibility index (Phi) is 7.58. The van der Waals surface area contributed by atoms with Gasteiger partial charge >= 0.3 is 12.1 Å². The first-order valence-corrected chi connectivity index (χ1v) is 13.0. The predicted molar refractivity (Wildman–Crippen MR) is 135 cm³/mol. The van der Waals surface area contributed by atoms with Crippen LogP contribution >= 0.6 is 0 Å². The second kappa shape index (κ2) is 10.2. The molecule has 0 spiro atoms. The molecule has 0 aliphatic carbocycles. The van der Waals surface area contributed by atoms with E-state index < -0.39 is 38.9 Å². The van der Waals surface area contributed by atoms with Gasteiger partial charge in [-0.2, -0.15) is 0 Å². The standard InChI is InChI=1S/C24H29N5O7S/c1-23(2,3)36-22(32)26-24(4,14-15-10-8-7-9-11-15)21-28-27-19(35-21)16-12-17(20(30)31)25-18(13-16)29(5)37(6,33)34/h7-13H,14H2,1-6H3,(H,26,32)(H,30,31)/t24-/m1/s1. The van der Waals surface area contributed by atoms with Crippen LogP contribution in [-0.4, -0.2) is 59.7 Å². The molecule has 3 rings (SSSR count). The number of hydrogen-bond donors (Lipinski definition) is 2. The van der Waals surface area contributed by atoms with Crippen LogP contribution in [0.15, 0.2) is 46.9 Å². The average Bonchev–Trinajstić information content (AvgIpc) is 3.28. The molecule has 0 aliphatic heterocycles. The Morgan fingerprint density at radius 3 is 2.32 bits per heavy atom. The van der Waals surface area contributed by atoms with Gasteiger partial charge in [-0.1, -0.05) is 30.3 Å². The van der Waals surface area contributed by atoms with Crippen LogP contribution in [0.4, 0.5) is 10.6 Å². The van der Waals surface area contributed by atoms with E-state index in [9.17, 15) is 23.1 Å². The molecule has 0 unspecified atom stereocenters. The van der Waals surface area contributed by atoms with E-state index in [-0.39, 0.29) is 29.6 Å². The number of benzene rings is 1. The van der Waals surface area contributed by atoms with Gasteiger partial charge in [-0.15, -0.1) is 10.2 Å². The Hall–Kier alpha value is -4.00. The lowest BCUT2D eigenvalue weighted by atomic mass is 9.92. The number of aromatic carboxylic acids is 1. The summed E-state index contributed by atoms with van der Waals surface area (Å²) in [6.07, 6.45) is 0.539. The minimum atomic E-state index is -3.73. The Morgan fingerprint density at radius 1 is 1.11 bits per heavy atom. The van der Waals surface area contributed by atoms with Gasteiger partial charge in [-0.05, 0) is 45.4 Å². The molecule has 2 heterocycles. The maximum atomic E-state index is 12.7. The molecule has 37 heavy (non-hydrogen) atoms. The fourth-order valence-corrected chi connectivity index (χ4v) is 3.78. The summed E-state index contributed by atoms with van der Waals surface area (Å²) in [5, 5.41) is 20.5. The van der Waals surface area contributed by atoms with Crippen molar-refractivity contribution >= 4 is 27.9 Å². The van der Waals surface area contributed by atoms with Crippen molar-refractivity contribution in [3.05, 3.63) is 59.6 Å². The highest BCUT2D eigenvalue weighted by molar-refractivity contribution is 7.92. The molecule has 0 aliphatic rings. The van der Waals surface area contributed by atoms with Gasteiger partial charge in [0.15, 0.2) is 5.69 Å². The molecule has 2 aromatic heterocycles. The van der Waals surface area contributed by atoms with Crippen LogP contribution in [0.3, 0.4) is 0 Å². The molecule has 198 valence electrons. The number of carbonyl (C=O) groups is 2. The van der Waals surface area contributed by atoms with Crippen molar-refractivity contribution in [2.75, 3.05) is 17.6 Å². The van der Waals surface area contributed by atoms with E-state index in [2.05, 4.69) is 20.5 Å². The van der Waals surface area contributed by atoms with Crippen LogP contribution in [0.2, 0.25) is 0 Å². The molecule has 1 amide bonds. The van der Waals surface area contributed by atoms with Crippen molar-refractivity contribution in [1.82, 2.24) is 20.5 Å². The van der Waals surface area contributed by atoms with Crippen LogP contribution in [0, 0.1) is 0 Å². The molecule has 1 atom stereocenters. The van der Waals surface area contributed by atoms with E-state index in [1.54, 1.807) is 27.7 Å². The molecule has 12 nitrogen and oxygen atoms in total. The molecule has 13 heteroatoms. The molecule has 0 radical (unpaired) electrons. The van der Waals surface area contributed by atoms with Gasteiger partial charge in [0.05, 0.1) is 6.26 Å². The summed E-state index contributed by atoms with van der Waals surface area (Å²) in [5.41, 5.74) is -1.36. The van der Waals surface area contributed by atoms with Crippen molar-refractivity contribution < 1.29 is 32.3 Å². The number of ether oxygens (including phenoxy) is 1. The fraction of sp³-hybridized carbons (Fsp3) is 0.375. The summed E-state index contributed by atoms with van der Waals surface area (Å²) >= 11 is 0. The van der Waals surface area contributed by atoms with Gasteiger partial charge in [0.1, 0.15) is 17.0 Å². The zero-order valence-corrected chi connectivity index (χ0v) is 22.2. The first-order chi connectivity index (χ1) is 17.1. The molecular formula is C24H29N5O7S. The van der Waals surface area contributed by atoms with Crippen LogP contribution in [0.25, 0.3) is 11.5 Å². The SMILES string of the molecule is CN(c1cc(-c2nnc([C@@](C)(Cc3ccccc3)NC(=O)OC(C)(C)C)o2)cc(C(=O)O)n1)S(C)(=O)=O. The van der Waals surface area contributed by atoms with E-state index in [1.807, 2.05) is 30.3 Å². The van der Waals surface area contributed by atoms with Crippen molar-refractivity contribution in [2.24, 2.45) is 0 Å². The van der Waals surface area contributed by atoms with Crippen molar-refractivity contribution in [1.29, 1.82) is 0 Å². The lowest BCUT2D eigenvalue weighted by Gasteiger charge is -2.29. The van der Waals surface area contributed by atoms with E-state index >= 15 is 0 Å². The molecule has 0 bridgehead atoms. The minimum Gasteiger partial charge on any atom is -0.477 e. The third-order valence-electron chi connectivity index (χ3n) is 5.17. The number of amides is 1. The number of nitrogens with one attached hydrogen (secondary N) is 1. The molecule has 0 fully saturated rings. The number of rotatable bonds is 8. The Bertz CT molecular complexity index is 1400. The molecule has 2 N–H and O–H groups in total. The predicted octanol–water partition coefficient (Wildman–Crippen LogP) is 3.21. The third-order valence-corrected chi connectivity index (χ3v) is 6.35. The quantitative estimate of drug-likeness (QED) is 0.441. The molecule has 3 aromatic rings. The lowest BCUT2D eigenvalue weighted by molar-refractivity contribution is 0.0443. The second-order valence-electron chi connectivity index (χ2n) is 9.67. The number of carbonyl (C=O) groups excluding carboxylic acids is 1. The number of nitrogens with zero attached hydrogens (tertiary/aromatic N) is 4. The summed E-state index contributed by atoms with van der Waals surface area (Å²) in [4.78, 5) is 28.2. The second-order valence-corrected chi connectivity index (χ2v) is 11.7. The molecule has 0 saturated heterocycles. The highest BCUT2D eigenvalue weighted by Crippen LogP contribution is 2.30. The number of alkyl carbamates (subject to hydrolysis) is 1. The van der Waals surface area contributed by atoms with E-state index in [4.69, 9.17) is 9.15 Å². The summed E-state index contributed by atoms with van der Waals surface area (Å²) < 4.78 is 36.2. The summed E-state index contributed by atoms with van der Waals surface area (Å²) in [7, 11) is -2.48. The van der Waals surface area contributed by atoms with E-state index in [0.29, 0.717) is 0 Å². The summed E-state index contributed by atoms with van der Waals surface area (Å²) in [5.74, 6) is -1.57. The summed E-state index contributed by atoms with van der Waals surface area (Å²) in [6, 6.07) is 11.8. The maximum absolute atomic E-state index is 12.7. The highest BCUT2D eigenvalue weighted by atomic mass is 32.2. The highest BCUT2D eigenvalue weighted by Gasteiger charge is 2.37. The fourth-order valence-electron chi connectivity index (χ4n) is 3.35. The first-order valence-electron chi connectivity index (χ1n) is 11.2. The number of sulfonamides is 1. The largest absolute Gasteiger partial charge is 0.477 e. The van der Waals surface area contributed by atoms with Crippen molar-refractivity contribution in [3.63, 3.8) is 0 Å². The average molecular weight is 532 g/mol.